The van der Waals surface area contributed by atoms with E-state index in [1.807, 2.05) is 0 Å². The van der Waals surface area contributed by atoms with Crippen molar-refractivity contribution in [1.29, 1.82) is 0 Å². The minimum atomic E-state index is 0.412. The molecule has 0 aliphatic carbocycles. The van der Waals surface area contributed by atoms with Crippen molar-refractivity contribution in [2.45, 2.75) is 0 Å². The van der Waals surface area contributed by atoms with Crippen LogP contribution in [0.25, 0.3) is 0 Å². The van der Waals surface area contributed by atoms with Gasteiger partial charge in [0.15, 0.2) is 0 Å². The van der Waals surface area contributed by atoms with Crippen LogP contribution in [-0.4, -0.2) is 11.4 Å². The smallest absolute Gasteiger partial charge is 0.315 e. The Bertz CT molecular complexity index is 236. The number of nitrogen functional groups attached to an aromatic ring is 1. The van der Waals surface area contributed by atoms with E-state index in [0.29, 0.717) is 11.5 Å². The highest BCUT2D eigenvalue weighted by atomic mass is 16.1. The number of hydrogen-bond donors (Lipinski definition) is 2. The summed E-state index contributed by atoms with van der Waals surface area (Å²) in [5, 5.41) is 2.25. The normalized spacial score (nSPS) is 8.80. The Kier molecular flexibility index (Phi) is 1.84. The number of nitrogens with two attached hydrogens (primary N) is 1. The van der Waals surface area contributed by atoms with Crippen LogP contribution in [-0.2, 0) is 4.79 Å². The number of hydrogen-bond acceptors (Lipinski definition) is 3. The van der Waals surface area contributed by atoms with Crippen LogP contribution in [0.15, 0.2) is 18.3 Å². The zero-order chi connectivity index (χ0) is 7.40. The standard InChI is InChI=1S/C6H6N3O/c7-5-1-2-8-6(3-5)9-4-10/h1-3H,(H3,7,8,9,10). The highest BCUT2D eigenvalue weighted by Gasteiger charge is 1.90. The predicted molar refractivity (Wildman–Crippen MR) is 38.0 cm³/mol. The molecule has 51 valence electrons. The lowest BCUT2D eigenvalue weighted by Gasteiger charge is -1.95. The number of nitrogens with zero attached hydrogens (tertiary/aromatic N) is 1. The highest BCUT2D eigenvalue weighted by molar-refractivity contribution is 5.70. The van der Waals surface area contributed by atoms with E-state index in [4.69, 9.17) is 5.73 Å². The number of carbonyl (C=O) groups excluding carboxylic acids is 1. The van der Waals surface area contributed by atoms with Gasteiger partial charge in [0.25, 0.3) is 0 Å². The van der Waals surface area contributed by atoms with E-state index in [0.717, 1.165) is 0 Å². The van der Waals surface area contributed by atoms with Crippen molar-refractivity contribution < 1.29 is 4.79 Å². The van der Waals surface area contributed by atoms with Crippen molar-refractivity contribution in [3.05, 3.63) is 18.3 Å². The molecule has 0 aliphatic heterocycles. The summed E-state index contributed by atoms with van der Waals surface area (Å²) in [7, 11) is 0. The van der Waals surface area contributed by atoms with E-state index in [-0.39, 0.29) is 0 Å². The van der Waals surface area contributed by atoms with Crippen molar-refractivity contribution in [3.63, 3.8) is 0 Å². The Hall–Kier alpha value is -1.58. The number of pyridine rings is 1. The molecule has 0 unspecified atom stereocenters. The summed E-state index contributed by atoms with van der Waals surface area (Å²) in [4.78, 5) is 13.5. The van der Waals surface area contributed by atoms with Crippen molar-refractivity contribution in [1.82, 2.24) is 4.98 Å². The molecular weight excluding hydrogens is 130 g/mol. The van der Waals surface area contributed by atoms with Gasteiger partial charge in [0.05, 0.1) is 0 Å². The molecule has 0 bridgehead atoms. The monoisotopic (exact) mass is 136 g/mol. The first-order valence-electron chi connectivity index (χ1n) is 2.67. The Morgan fingerprint density at radius 1 is 1.70 bits per heavy atom. The molecule has 0 fully saturated rings. The molecule has 0 spiro atoms. The van der Waals surface area contributed by atoms with E-state index in [1.54, 1.807) is 12.1 Å². The summed E-state index contributed by atoms with van der Waals surface area (Å²) in [6, 6.07) is 3.18. The summed E-state index contributed by atoms with van der Waals surface area (Å²) in [5.74, 6) is 0.412. The molecule has 10 heavy (non-hydrogen) atoms. The SMILES string of the molecule is Nc1ccnc(N[C]=O)c1. The van der Waals surface area contributed by atoms with Gasteiger partial charge in [-0.1, -0.05) is 0 Å². The third-order valence-electron chi connectivity index (χ3n) is 0.963. The molecule has 1 rings (SSSR count). The van der Waals surface area contributed by atoms with Gasteiger partial charge in [-0.3, -0.25) is 4.79 Å². The fourth-order valence-electron chi connectivity index (χ4n) is 0.568. The van der Waals surface area contributed by atoms with E-state index in [2.05, 4.69) is 10.3 Å². The van der Waals surface area contributed by atoms with Crippen LogP contribution in [0.4, 0.5) is 11.5 Å². The van der Waals surface area contributed by atoms with Crippen LogP contribution in [0.1, 0.15) is 0 Å². The molecule has 3 N–H and O–H groups in total. The predicted octanol–water partition coefficient (Wildman–Crippen LogP) is 0.143. The molecule has 1 aromatic heterocycles. The molecule has 1 radical (unpaired) electrons. The molecule has 1 heterocycles. The topological polar surface area (TPSA) is 68.0 Å². The zero-order valence-electron chi connectivity index (χ0n) is 5.16. The molecule has 0 saturated carbocycles. The fraction of sp³-hybridized carbons (Fsp3) is 0. The first-order chi connectivity index (χ1) is 4.83. The van der Waals surface area contributed by atoms with Crippen LogP contribution in [0.3, 0.4) is 0 Å². The van der Waals surface area contributed by atoms with E-state index >= 15 is 0 Å². The Balaban J connectivity index is 2.84. The van der Waals surface area contributed by atoms with E-state index in [9.17, 15) is 4.79 Å². The van der Waals surface area contributed by atoms with Gasteiger partial charge in [-0.25, -0.2) is 4.98 Å². The average Bonchev–Trinajstić information content (AvgIpc) is 1.88. The fourth-order valence-corrected chi connectivity index (χ4v) is 0.568. The van der Waals surface area contributed by atoms with Crippen molar-refractivity contribution in [2.75, 3.05) is 11.1 Å². The highest BCUT2D eigenvalue weighted by Crippen LogP contribution is 2.05. The van der Waals surface area contributed by atoms with Crippen LogP contribution >= 0.6 is 0 Å². The summed E-state index contributed by atoms with van der Waals surface area (Å²) in [6.07, 6.45) is 3.00. The first-order valence-corrected chi connectivity index (χ1v) is 2.67. The van der Waals surface area contributed by atoms with Gasteiger partial charge in [-0.2, -0.15) is 0 Å². The summed E-state index contributed by atoms with van der Waals surface area (Å²) in [5.41, 5.74) is 5.94. The second-order valence-electron chi connectivity index (χ2n) is 1.70. The maximum atomic E-state index is 9.77. The van der Waals surface area contributed by atoms with Gasteiger partial charge >= 0.3 is 6.41 Å². The molecule has 0 aliphatic rings. The minimum Gasteiger partial charge on any atom is -0.399 e. The Morgan fingerprint density at radius 3 is 3.10 bits per heavy atom. The quantitative estimate of drug-likeness (QED) is 0.568. The van der Waals surface area contributed by atoms with Gasteiger partial charge < -0.3 is 11.1 Å². The Morgan fingerprint density at radius 2 is 2.50 bits per heavy atom. The van der Waals surface area contributed by atoms with Crippen molar-refractivity contribution in [3.8, 4) is 0 Å². The molecule has 4 nitrogen and oxygen atoms in total. The van der Waals surface area contributed by atoms with E-state index < -0.39 is 0 Å². The largest absolute Gasteiger partial charge is 0.399 e. The van der Waals surface area contributed by atoms with Crippen molar-refractivity contribution >= 4 is 17.9 Å². The van der Waals surface area contributed by atoms with Crippen LogP contribution in [0.5, 0.6) is 0 Å². The van der Waals surface area contributed by atoms with Crippen molar-refractivity contribution in [2.24, 2.45) is 0 Å². The van der Waals surface area contributed by atoms with Crippen LogP contribution in [0.2, 0.25) is 0 Å². The maximum Gasteiger partial charge on any atom is 0.315 e. The maximum absolute atomic E-state index is 9.77. The van der Waals surface area contributed by atoms with Crippen LogP contribution in [0, 0.1) is 0 Å². The third-order valence-corrected chi connectivity index (χ3v) is 0.963. The number of amides is 1. The molecule has 0 atom stereocenters. The van der Waals surface area contributed by atoms with Gasteiger partial charge in [0.2, 0.25) is 0 Å². The van der Waals surface area contributed by atoms with Crippen LogP contribution < -0.4 is 11.1 Å². The molecular formula is C6H6N3O. The van der Waals surface area contributed by atoms with Gasteiger partial charge in [0.1, 0.15) is 5.82 Å². The van der Waals surface area contributed by atoms with Gasteiger partial charge in [-0.05, 0) is 6.07 Å². The number of rotatable bonds is 2. The molecule has 1 amide bonds. The first kappa shape index (κ1) is 6.54. The van der Waals surface area contributed by atoms with E-state index in [1.165, 1.54) is 12.6 Å². The number of aromatic nitrogens is 1. The summed E-state index contributed by atoms with van der Waals surface area (Å²) in [6.45, 7) is 0. The molecule has 0 aromatic carbocycles. The lowest BCUT2D eigenvalue weighted by atomic mass is 10.4. The lowest BCUT2D eigenvalue weighted by molar-refractivity contribution is 0.561. The second-order valence-corrected chi connectivity index (χ2v) is 1.70. The van der Waals surface area contributed by atoms with Gasteiger partial charge in [-0.15, -0.1) is 0 Å². The second kappa shape index (κ2) is 2.82. The molecule has 4 heteroatoms. The summed E-state index contributed by atoms with van der Waals surface area (Å²) >= 11 is 0. The average molecular weight is 136 g/mol. The molecule has 0 saturated heterocycles. The zero-order valence-corrected chi connectivity index (χ0v) is 5.16. The number of anilines is 2. The Labute approximate surface area is 58.1 Å². The number of nitrogens with one attached hydrogen (secondary N) is 1. The minimum absolute atomic E-state index is 0.412. The lowest BCUT2D eigenvalue weighted by Crippen LogP contribution is -1.97. The molecule has 1 aromatic rings. The summed E-state index contributed by atoms with van der Waals surface area (Å²) < 4.78 is 0. The third kappa shape index (κ3) is 1.45. The van der Waals surface area contributed by atoms with Gasteiger partial charge in [0, 0.05) is 18.0 Å².